The smallest absolute Gasteiger partial charge is 0.325 e. The summed E-state index contributed by atoms with van der Waals surface area (Å²) in [5, 5.41) is 5.45. The predicted octanol–water partition coefficient (Wildman–Crippen LogP) is 0.542. The van der Waals surface area contributed by atoms with Crippen LogP contribution in [-0.4, -0.2) is 41.1 Å². The van der Waals surface area contributed by atoms with E-state index in [1.165, 1.54) is 0 Å². The molecular weight excluding hydrogens is 234 g/mol. The van der Waals surface area contributed by atoms with Gasteiger partial charge in [0.15, 0.2) is 0 Å². The standard InChI is InChI=1S/C8H12ClN5O2/c1-3-16-5(15)4-11-8-13-6(9)12-7(10-2)14-8/h3-4H2,1-2H3,(H2,10,11,12,13,14). The minimum atomic E-state index is -0.384. The number of hydrogen-bond donors (Lipinski definition) is 2. The number of hydrogen-bond acceptors (Lipinski definition) is 7. The second-order valence-corrected chi connectivity index (χ2v) is 3.00. The molecule has 0 aromatic carbocycles. The number of rotatable bonds is 5. The van der Waals surface area contributed by atoms with Gasteiger partial charge in [-0.3, -0.25) is 4.79 Å². The number of nitrogens with one attached hydrogen (secondary N) is 2. The zero-order valence-electron chi connectivity index (χ0n) is 8.95. The lowest BCUT2D eigenvalue weighted by Gasteiger charge is -2.05. The van der Waals surface area contributed by atoms with Crippen LogP contribution in [0.25, 0.3) is 0 Å². The Bertz CT molecular complexity index is 373. The Morgan fingerprint density at radius 2 is 2.06 bits per heavy atom. The maximum absolute atomic E-state index is 11.1. The van der Waals surface area contributed by atoms with Gasteiger partial charge in [0.25, 0.3) is 0 Å². The number of ether oxygens (including phenoxy) is 1. The molecule has 1 heterocycles. The quantitative estimate of drug-likeness (QED) is 0.732. The van der Waals surface area contributed by atoms with Crippen molar-refractivity contribution >= 4 is 29.5 Å². The van der Waals surface area contributed by atoms with Gasteiger partial charge in [-0.25, -0.2) is 0 Å². The largest absolute Gasteiger partial charge is 0.465 e. The highest BCUT2D eigenvalue weighted by molar-refractivity contribution is 6.28. The Hall–Kier alpha value is -1.63. The van der Waals surface area contributed by atoms with Crippen molar-refractivity contribution in [3.05, 3.63) is 5.28 Å². The lowest BCUT2D eigenvalue weighted by molar-refractivity contribution is -0.140. The average Bonchev–Trinajstić information content (AvgIpc) is 2.26. The summed E-state index contributed by atoms with van der Waals surface area (Å²) in [6.07, 6.45) is 0. The first-order valence-electron chi connectivity index (χ1n) is 4.64. The fraction of sp³-hybridized carbons (Fsp3) is 0.500. The number of esters is 1. The molecule has 0 fully saturated rings. The van der Waals surface area contributed by atoms with E-state index in [0.29, 0.717) is 12.6 Å². The van der Waals surface area contributed by atoms with Crippen molar-refractivity contribution < 1.29 is 9.53 Å². The number of carbonyl (C=O) groups excluding carboxylic acids is 1. The van der Waals surface area contributed by atoms with E-state index in [1.807, 2.05) is 0 Å². The molecule has 0 saturated heterocycles. The molecule has 7 nitrogen and oxygen atoms in total. The first kappa shape index (κ1) is 12.4. The molecule has 88 valence electrons. The van der Waals surface area contributed by atoms with Crippen molar-refractivity contribution in [2.45, 2.75) is 6.92 Å². The molecule has 16 heavy (non-hydrogen) atoms. The highest BCUT2D eigenvalue weighted by Gasteiger charge is 2.06. The molecule has 0 aliphatic heterocycles. The first-order valence-corrected chi connectivity index (χ1v) is 5.02. The van der Waals surface area contributed by atoms with Crippen LogP contribution in [-0.2, 0) is 9.53 Å². The number of carbonyl (C=O) groups is 1. The van der Waals surface area contributed by atoms with Crippen molar-refractivity contribution in [1.29, 1.82) is 0 Å². The molecule has 1 aromatic heterocycles. The summed E-state index contributed by atoms with van der Waals surface area (Å²) in [4.78, 5) is 22.6. The van der Waals surface area contributed by atoms with E-state index >= 15 is 0 Å². The molecule has 0 aliphatic rings. The lowest BCUT2D eigenvalue weighted by atomic mass is 10.6. The van der Waals surface area contributed by atoms with Gasteiger partial charge >= 0.3 is 5.97 Å². The van der Waals surface area contributed by atoms with Crippen molar-refractivity contribution in [3.8, 4) is 0 Å². The molecule has 0 radical (unpaired) electrons. The van der Waals surface area contributed by atoms with Crippen LogP contribution in [0.1, 0.15) is 6.92 Å². The summed E-state index contributed by atoms with van der Waals surface area (Å²) < 4.78 is 4.73. The zero-order chi connectivity index (χ0) is 12.0. The molecule has 8 heteroatoms. The van der Waals surface area contributed by atoms with Crippen LogP contribution in [0, 0.1) is 0 Å². The fourth-order valence-corrected chi connectivity index (χ4v) is 1.06. The zero-order valence-corrected chi connectivity index (χ0v) is 9.71. The molecule has 0 amide bonds. The summed E-state index contributed by atoms with van der Waals surface area (Å²) in [5.41, 5.74) is 0. The number of nitrogens with zero attached hydrogens (tertiary/aromatic N) is 3. The molecule has 0 bridgehead atoms. The van der Waals surface area contributed by atoms with Crippen LogP contribution in [0.15, 0.2) is 0 Å². The van der Waals surface area contributed by atoms with Crippen molar-refractivity contribution in [1.82, 2.24) is 15.0 Å². The van der Waals surface area contributed by atoms with E-state index in [0.717, 1.165) is 0 Å². The molecule has 0 saturated carbocycles. The molecule has 1 rings (SSSR count). The van der Waals surface area contributed by atoms with E-state index in [9.17, 15) is 4.79 Å². The molecule has 0 unspecified atom stereocenters. The van der Waals surface area contributed by atoms with E-state index in [1.54, 1.807) is 14.0 Å². The van der Waals surface area contributed by atoms with Gasteiger partial charge in [-0.2, -0.15) is 15.0 Å². The van der Waals surface area contributed by atoms with Gasteiger partial charge in [0, 0.05) is 7.05 Å². The Labute approximate surface area is 97.6 Å². The maximum atomic E-state index is 11.1. The van der Waals surface area contributed by atoms with Crippen LogP contribution >= 0.6 is 11.6 Å². The highest BCUT2D eigenvalue weighted by Crippen LogP contribution is 2.08. The maximum Gasteiger partial charge on any atom is 0.325 e. The summed E-state index contributed by atoms with van der Waals surface area (Å²) >= 11 is 5.65. The second-order valence-electron chi connectivity index (χ2n) is 2.66. The van der Waals surface area contributed by atoms with Crippen LogP contribution in [0.3, 0.4) is 0 Å². The summed E-state index contributed by atoms with van der Waals surface area (Å²) in [6, 6.07) is 0. The molecule has 0 aliphatic carbocycles. The van der Waals surface area contributed by atoms with Crippen molar-refractivity contribution in [2.24, 2.45) is 0 Å². The van der Waals surface area contributed by atoms with Crippen LogP contribution in [0.5, 0.6) is 0 Å². The van der Waals surface area contributed by atoms with Gasteiger partial charge in [-0.05, 0) is 18.5 Å². The van der Waals surface area contributed by atoms with Crippen molar-refractivity contribution in [3.63, 3.8) is 0 Å². The summed E-state index contributed by atoms with van der Waals surface area (Å²) in [7, 11) is 1.65. The van der Waals surface area contributed by atoms with E-state index in [2.05, 4.69) is 25.6 Å². The Morgan fingerprint density at radius 3 is 2.69 bits per heavy atom. The second kappa shape index (κ2) is 6.06. The van der Waals surface area contributed by atoms with Gasteiger partial charge in [0.2, 0.25) is 17.2 Å². The molecule has 0 spiro atoms. The lowest BCUT2D eigenvalue weighted by Crippen LogP contribution is -2.18. The third kappa shape index (κ3) is 3.85. The van der Waals surface area contributed by atoms with Gasteiger partial charge in [0.05, 0.1) is 6.61 Å². The van der Waals surface area contributed by atoms with Gasteiger partial charge in [-0.1, -0.05) is 0 Å². The van der Waals surface area contributed by atoms with Gasteiger partial charge < -0.3 is 15.4 Å². The summed E-state index contributed by atoms with van der Waals surface area (Å²) in [6.45, 7) is 2.05. The Balaban J connectivity index is 2.59. The van der Waals surface area contributed by atoms with Gasteiger partial charge in [-0.15, -0.1) is 0 Å². The molecule has 1 aromatic rings. The highest BCUT2D eigenvalue weighted by atomic mass is 35.5. The van der Waals surface area contributed by atoms with E-state index < -0.39 is 0 Å². The van der Waals surface area contributed by atoms with Gasteiger partial charge in [0.1, 0.15) is 6.54 Å². The van der Waals surface area contributed by atoms with Crippen molar-refractivity contribution in [2.75, 3.05) is 30.8 Å². The topological polar surface area (TPSA) is 89.0 Å². The normalized spacial score (nSPS) is 9.69. The third-order valence-corrected chi connectivity index (χ3v) is 1.70. The number of aromatic nitrogens is 3. The van der Waals surface area contributed by atoms with Crippen LogP contribution in [0.4, 0.5) is 11.9 Å². The molecular formula is C8H12ClN5O2. The fourth-order valence-electron chi connectivity index (χ4n) is 0.904. The minimum absolute atomic E-state index is 0.0165. The average molecular weight is 246 g/mol. The van der Waals surface area contributed by atoms with E-state index in [-0.39, 0.29) is 23.7 Å². The molecule has 2 N–H and O–H groups in total. The first-order chi connectivity index (χ1) is 7.65. The SMILES string of the molecule is CCOC(=O)CNc1nc(Cl)nc(NC)n1. The van der Waals surface area contributed by atoms with Crippen LogP contribution < -0.4 is 10.6 Å². The minimum Gasteiger partial charge on any atom is -0.465 e. The monoisotopic (exact) mass is 245 g/mol. The van der Waals surface area contributed by atoms with Crippen LogP contribution in [0.2, 0.25) is 5.28 Å². The molecule has 0 atom stereocenters. The predicted molar refractivity (Wildman–Crippen MR) is 59.5 cm³/mol. The number of halogens is 1. The summed E-state index contributed by atoms with van der Waals surface area (Å²) in [5.74, 6) is 0.161. The number of anilines is 2. The Morgan fingerprint density at radius 1 is 1.38 bits per heavy atom. The Kier molecular flexibility index (Phi) is 4.71. The van der Waals surface area contributed by atoms with E-state index in [4.69, 9.17) is 16.3 Å². The third-order valence-electron chi connectivity index (χ3n) is 1.53.